The lowest BCUT2D eigenvalue weighted by atomic mass is 10.3. The van der Waals surface area contributed by atoms with Crippen LogP contribution in [0.25, 0.3) is 0 Å². The molecule has 2 heterocycles. The molecule has 7 heteroatoms. The van der Waals surface area contributed by atoms with E-state index in [0.717, 1.165) is 11.3 Å². The van der Waals surface area contributed by atoms with Gasteiger partial charge in [0.1, 0.15) is 4.21 Å². The van der Waals surface area contributed by atoms with Gasteiger partial charge in [0.15, 0.2) is 0 Å². The van der Waals surface area contributed by atoms with Crippen molar-refractivity contribution < 1.29 is 8.42 Å². The maximum atomic E-state index is 12.6. The SMILES string of the molecule is CC1CN(S(=O)(=O)c2ccc(CCN)s2)CC(C)S1. The van der Waals surface area contributed by atoms with Crippen molar-refractivity contribution in [3.8, 4) is 0 Å². The van der Waals surface area contributed by atoms with Crippen molar-refractivity contribution in [1.29, 1.82) is 0 Å². The maximum absolute atomic E-state index is 12.6. The van der Waals surface area contributed by atoms with E-state index in [1.807, 2.05) is 17.8 Å². The molecular weight excluding hydrogens is 300 g/mol. The molecule has 1 aromatic heterocycles. The van der Waals surface area contributed by atoms with E-state index in [1.54, 1.807) is 10.4 Å². The fraction of sp³-hybridized carbons (Fsp3) is 0.667. The van der Waals surface area contributed by atoms with E-state index >= 15 is 0 Å². The van der Waals surface area contributed by atoms with Gasteiger partial charge in [-0.05, 0) is 25.1 Å². The molecule has 2 atom stereocenters. The molecule has 1 saturated heterocycles. The van der Waals surface area contributed by atoms with Crippen LogP contribution in [0.1, 0.15) is 18.7 Å². The van der Waals surface area contributed by atoms with Crippen LogP contribution in [0.5, 0.6) is 0 Å². The third-order valence-electron chi connectivity index (χ3n) is 3.01. The van der Waals surface area contributed by atoms with Crippen LogP contribution in [0.15, 0.2) is 16.3 Å². The zero-order valence-corrected chi connectivity index (χ0v) is 13.7. The van der Waals surface area contributed by atoms with Crippen molar-refractivity contribution in [2.24, 2.45) is 5.73 Å². The van der Waals surface area contributed by atoms with Crippen LogP contribution in [0.3, 0.4) is 0 Å². The number of thioether (sulfide) groups is 1. The molecule has 1 aromatic rings. The number of rotatable bonds is 4. The molecule has 1 aliphatic heterocycles. The molecule has 108 valence electrons. The van der Waals surface area contributed by atoms with Crippen molar-refractivity contribution >= 4 is 33.1 Å². The summed E-state index contributed by atoms with van der Waals surface area (Å²) < 4.78 is 27.3. The molecule has 0 saturated carbocycles. The second kappa shape index (κ2) is 6.13. The fourth-order valence-corrected chi connectivity index (χ4v) is 6.88. The Labute approximate surface area is 123 Å². The number of thiophene rings is 1. The van der Waals surface area contributed by atoms with Gasteiger partial charge in [-0.1, -0.05) is 13.8 Å². The highest BCUT2D eigenvalue weighted by Gasteiger charge is 2.32. The predicted octanol–water partition coefficient (Wildman–Crippen LogP) is 1.76. The molecular formula is C12H20N2O2S3. The second-order valence-electron chi connectivity index (χ2n) is 4.84. The Kier molecular flexibility index (Phi) is 4.94. The van der Waals surface area contributed by atoms with Gasteiger partial charge in [-0.15, -0.1) is 11.3 Å². The van der Waals surface area contributed by atoms with Gasteiger partial charge in [0.2, 0.25) is 0 Å². The predicted molar refractivity (Wildman–Crippen MR) is 82.4 cm³/mol. The molecule has 1 aliphatic rings. The van der Waals surface area contributed by atoms with Crippen LogP contribution in [0.2, 0.25) is 0 Å². The van der Waals surface area contributed by atoms with E-state index in [9.17, 15) is 8.42 Å². The van der Waals surface area contributed by atoms with E-state index in [0.29, 0.717) is 34.3 Å². The van der Waals surface area contributed by atoms with Crippen LogP contribution in [-0.2, 0) is 16.4 Å². The second-order valence-corrected chi connectivity index (χ2v) is 10.1. The number of nitrogens with zero attached hydrogens (tertiary/aromatic N) is 1. The fourth-order valence-electron chi connectivity index (χ4n) is 2.23. The van der Waals surface area contributed by atoms with Crippen molar-refractivity contribution in [1.82, 2.24) is 4.31 Å². The number of hydrogen-bond donors (Lipinski definition) is 1. The van der Waals surface area contributed by atoms with Crippen molar-refractivity contribution in [3.05, 3.63) is 17.0 Å². The molecule has 0 aromatic carbocycles. The molecule has 0 amide bonds. The highest BCUT2D eigenvalue weighted by molar-refractivity contribution is 8.00. The smallest absolute Gasteiger partial charge is 0.252 e. The van der Waals surface area contributed by atoms with Crippen LogP contribution in [-0.4, -0.2) is 42.9 Å². The molecule has 0 aliphatic carbocycles. The molecule has 0 bridgehead atoms. The highest BCUT2D eigenvalue weighted by atomic mass is 32.2. The lowest BCUT2D eigenvalue weighted by Crippen LogP contribution is -2.43. The largest absolute Gasteiger partial charge is 0.330 e. The van der Waals surface area contributed by atoms with Crippen LogP contribution >= 0.6 is 23.1 Å². The van der Waals surface area contributed by atoms with E-state index < -0.39 is 10.0 Å². The van der Waals surface area contributed by atoms with Gasteiger partial charge in [-0.25, -0.2) is 8.42 Å². The summed E-state index contributed by atoms with van der Waals surface area (Å²) in [6.07, 6.45) is 0.739. The summed E-state index contributed by atoms with van der Waals surface area (Å²) in [6, 6.07) is 3.58. The van der Waals surface area contributed by atoms with Gasteiger partial charge < -0.3 is 5.73 Å². The molecule has 0 spiro atoms. The maximum Gasteiger partial charge on any atom is 0.252 e. The molecule has 1 fully saturated rings. The van der Waals surface area contributed by atoms with Crippen molar-refractivity contribution in [2.75, 3.05) is 19.6 Å². The molecule has 19 heavy (non-hydrogen) atoms. The zero-order valence-electron chi connectivity index (χ0n) is 11.2. The topological polar surface area (TPSA) is 63.4 Å². The third-order valence-corrected chi connectivity index (χ3v) is 7.68. The standard InChI is InChI=1S/C12H20N2O2S3/c1-9-7-14(8-10(2)17-9)19(15,16)12-4-3-11(18-12)5-6-13/h3-4,9-10H,5-8,13H2,1-2H3. The Morgan fingerprint density at radius 1 is 1.32 bits per heavy atom. The number of nitrogens with two attached hydrogens (primary N) is 1. The summed E-state index contributed by atoms with van der Waals surface area (Å²) >= 11 is 3.19. The van der Waals surface area contributed by atoms with Crippen molar-refractivity contribution in [2.45, 2.75) is 35.0 Å². The molecule has 2 unspecified atom stereocenters. The van der Waals surface area contributed by atoms with Gasteiger partial charge in [0.05, 0.1) is 0 Å². The first kappa shape index (κ1) is 15.3. The van der Waals surface area contributed by atoms with Gasteiger partial charge >= 0.3 is 0 Å². The first-order valence-corrected chi connectivity index (χ1v) is 9.58. The lowest BCUT2D eigenvalue weighted by Gasteiger charge is -2.33. The highest BCUT2D eigenvalue weighted by Crippen LogP contribution is 2.31. The average molecular weight is 321 g/mol. The van der Waals surface area contributed by atoms with Crippen LogP contribution in [0, 0.1) is 0 Å². The number of sulfonamides is 1. The Balaban J connectivity index is 2.20. The van der Waals surface area contributed by atoms with E-state index in [2.05, 4.69) is 13.8 Å². The zero-order chi connectivity index (χ0) is 14.0. The van der Waals surface area contributed by atoms with Crippen LogP contribution < -0.4 is 5.73 Å². The van der Waals surface area contributed by atoms with Gasteiger partial charge in [-0.2, -0.15) is 16.1 Å². The van der Waals surface area contributed by atoms with E-state index in [1.165, 1.54) is 11.3 Å². The minimum atomic E-state index is -3.33. The Morgan fingerprint density at radius 2 is 1.95 bits per heavy atom. The summed E-state index contributed by atoms with van der Waals surface area (Å²) in [6.45, 7) is 5.91. The van der Waals surface area contributed by atoms with E-state index in [4.69, 9.17) is 5.73 Å². The Hall–Kier alpha value is -0.0800. The average Bonchev–Trinajstić information content (AvgIpc) is 2.77. The molecule has 0 radical (unpaired) electrons. The minimum Gasteiger partial charge on any atom is -0.330 e. The number of hydrogen-bond acceptors (Lipinski definition) is 5. The normalized spacial score (nSPS) is 25.6. The first-order valence-electron chi connectivity index (χ1n) is 6.38. The minimum absolute atomic E-state index is 0.349. The molecule has 4 nitrogen and oxygen atoms in total. The summed E-state index contributed by atoms with van der Waals surface area (Å²) in [5.41, 5.74) is 5.50. The first-order chi connectivity index (χ1) is 8.93. The summed E-state index contributed by atoms with van der Waals surface area (Å²) in [7, 11) is -3.33. The summed E-state index contributed by atoms with van der Waals surface area (Å²) in [5.74, 6) is 0. The summed E-state index contributed by atoms with van der Waals surface area (Å²) in [5, 5.41) is 0.698. The Morgan fingerprint density at radius 3 is 2.53 bits per heavy atom. The molecule has 2 N–H and O–H groups in total. The quantitative estimate of drug-likeness (QED) is 0.918. The lowest BCUT2D eigenvalue weighted by molar-refractivity contribution is 0.406. The Bertz CT molecular complexity index is 517. The summed E-state index contributed by atoms with van der Waals surface area (Å²) in [4.78, 5) is 1.04. The monoisotopic (exact) mass is 320 g/mol. The van der Waals surface area contributed by atoms with Gasteiger partial charge in [-0.3, -0.25) is 0 Å². The van der Waals surface area contributed by atoms with Gasteiger partial charge in [0.25, 0.3) is 10.0 Å². The molecule has 2 rings (SSSR count). The van der Waals surface area contributed by atoms with Gasteiger partial charge in [0, 0.05) is 28.5 Å². The van der Waals surface area contributed by atoms with Crippen LogP contribution in [0.4, 0.5) is 0 Å². The third kappa shape index (κ3) is 3.52. The van der Waals surface area contributed by atoms with Crippen molar-refractivity contribution in [3.63, 3.8) is 0 Å². The van der Waals surface area contributed by atoms with E-state index in [-0.39, 0.29) is 0 Å².